The van der Waals surface area contributed by atoms with Crippen molar-refractivity contribution in [2.24, 2.45) is 0 Å². The number of alkyl carbamates (subject to hydrolysis) is 1. The van der Waals surface area contributed by atoms with Crippen LogP contribution in [0, 0.1) is 3.57 Å². The molecule has 0 radical (unpaired) electrons. The monoisotopic (exact) mass is 453 g/mol. The molecule has 0 aliphatic carbocycles. The minimum atomic E-state index is -0.789. The maximum absolute atomic E-state index is 12.1. The van der Waals surface area contributed by atoms with Crippen LogP contribution in [0.5, 0.6) is 0 Å². The summed E-state index contributed by atoms with van der Waals surface area (Å²) >= 11 is 2.21. The molecule has 0 fully saturated rings. The second-order valence-electron chi connectivity index (χ2n) is 5.34. The van der Waals surface area contributed by atoms with Gasteiger partial charge in [-0.05, 0) is 52.8 Å². The largest absolute Gasteiger partial charge is 0.464 e. The predicted octanol–water partition coefficient (Wildman–Crippen LogP) is 3.69. The summed E-state index contributed by atoms with van der Waals surface area (Å²) in [6, 6.07) is 16.3. The highest BCUT2D eigenvalue weighted by atomic mass is 127. The van der Waals surface area contributed by atoms with Gasteiger partial charge < -0.3 is 14.8 Å². The van der Waals surface area contributed by atoms with Crippen LogP contribution in [-0.4, -0.2) is 24.7 Å². The fraction of sp³-hybridized carbons (Fsp3) is 0.263. The van der Waals surface area contributed by atoms with Crippen molar-refractivity contribution < 1.29 is 19.1 Å². The van der Waals surface area contributed by atoms with Crippen LogP contribution < -0.4 is 5.32 Å². The van der Waals surface area contributed by atoms with Crippen molar-refractivity contribution in [3.63, 3.8) is 0 Å². The number of amides is 1. The molecule has 0 heterocycles. The van der Waals surface area contributed by atoms with Gasteiger partial charge in [0.05, 0.1) is 6.61 Å². The summed E-state index contributed by atoms with van der Waals surface area (Å²) in [5.74, 6) is -0.474. The Labute approximate surface area is 160 Å². The highest BCUT2D eigenvalue weighted by molar-refractivity contribution is 14.1. The summed E-state index contributed by atoms with van der Waals surface area (Å²) in [7, 11) is 0. The van der Waals surface area contributed by atoms with Crippen LogP contribution >= 0.6 is 22.6 Å². The molecule has 2 rings (SSSR count). The Balaban J connectivity index is 1.96. The number of halogens is 1. The number of nitrogens with one attached hydrogen (secondary N) is 1. The first kappa shape index (κ1) is 19.2. The Hall–Kier alpha value is -2.09. The molecule has 0 saturated carbocycles. The van der Waals surface area contributed by atoms with Crippen LogP contribution in [0.25, 0.3) is 0 Å². The molecular formula is C19H20INO4. The van der Waals surface area contributed by atoms with E-state index < -0.39 is 18.1 Å². The average molecular weight is 453 g/mol. The van der Waals surface area contributed by atoms with Gasteiger partial charge in [-0.3, -0.25) is 0 Å². The van der Waals surface area contributed by atoms with Gasteiger partial charge in [0, 0.05) is 9.99 Å². The van der Waals surface area contributed by atoms with Crippen molar-refractivity contribution in [2.45, 2.75) is 26.0 Å². The molecule has 0 saturated heterocycles. The summed E-state index contributed by atoms with van der Waals surface area (Å²) in [5, 5.41) is 2.60. The number of hydrogen-bond donors (Lipinski definition) is 1. The lowest BCUT2D eigenvalue weighted by Crippen LogP contribution is -2.43. The minimum Gasteiger partial charge on any atom is -0.464 e. The van der Waals surface area contributed by atoms with Crippen molar-refractivity contribution in [2.75, 3.05) is 6.61 Å². The third-order valence-corrected chi connectivity index (χ3v) is 4.15. The zero-order valence-electron chi connectivity index (χ0n) is 13.9. The number of hydrogen-bond acceptors (Lipinski definition) is 4. The van der Waals surface area contributed by atoms with Crippen molar-refractivity contribution in [3.05, 3.63) is 69.3 Å². The Morgan fingerprint density at radius 3 is 2.32 bits per heavy atom. The molecule has 0 aliphatic heterocycles. The zero-order valence-corrected chi connectivity index (χ0v) is 16.1. The lowest BCUT2D eigenvalue weighted by Gasteiger charge is -2.17. The minimum absolute atomic E-state index is 0.145. The summed E-state index contributed by atoms with van der Waals surface area (Å²) in [4.78, 5) is 24.2. The van der Waals surface area contributed by atoms with E-state index in [4.69, 9.17) is 9.47 Å². The third kappa shape index (κ3) is 6.74. The lowest BCUT2D eigenvalue weighted by atomic mass is 10.1. The second kappa shape index (κ2) is 10.0. The quantitative estimate of drug-likeness (QED) is 0.513. The number of esters is 1. The van der Waals surface area contributed by atoms with Gasteiger partial charge in [0.1, 0.15) is 12.6 Å². The van der Waals surface area contributed by atoms with E-state index in [2.05, 4.69) is 27.9 Å². The smallest absolute Gasteiger partial charge is 0.408 e. The van der Waals surface area contributed by atoms with E-state index >= 15 is 0 Å². The van der Waals surface area contributed by atoms with Gasteiger partial charge in [0.25, 0.3) is 0 Å². The molecule has 0 unspecified atom stereocenters. The Kier molecular flexibility index (Phi) is 7.72. The Morgan fingerprint density at radius 2 is 1.68 bits per heavy atom. The second-order valence-corrected chi connectivity index (χ2v) is 6.59. The van der Waals surface area contributed by atoms with Gasteiger partial charge in [0.15, 0.2) is 0 Å². The molecule has 1 amide bonds. The van der Waals surface area contributed by atoms with Crippen molar-refractivity contribution in [1.29, 1.82) is 0 Å². The molecule has 0 aromatic heterocycles. The predicted molar refractivity (Wildman–Crippen MR) is 103 cm³/mol. The van der Waals surface area contributed by atoms with E-state index in [1.807, 2.05) is 54.6 Å². The molecule has 5 nitrogen and oxygen atoms in total. The van der Waals surface area contributed by atoms with E-state index in [1.54, 1.807) is 6.92 Å². The van der Waals surface area contributed by atoms with Crippen LogP contribution in [0.1, 0.15) is 18.1 Å². The maximum Gasteiger partial charge on any atom is 0.408 e. The first-order valence-corrected chi connectivity index (χ1v) is 9.04. The number of rotatable bonds is 7. The van der Waals surface area contributed by atoms with E-state index in [1.165, 1.54) is 0 Å². The fourth-order valence-electron chi connectivity index (χ4n) is 2.20. The normalized spacial score (nSPS) is 11.4. The number of carbonyl (C=O) groups is 2. The van der Waals surface area contributed by atoms with Crippen LogP contribution in [0.4, 0.5) is 4.79 Å². The number of ether oxygens (including phenoxy) is 2. The van der Waals surface area contributed by atoms with Gasteiger partial charge in [-0.1, -0.05) is 42.5 Å². The SMILES string of the molecule is CCOC(=O)[C@H](Cc1ccc(I)cc1)NC(=O)OCc1ccccc1. The first-order chi connectivity index (χ1) is 12.1. The molecule has 2 aromatic rings. The Morgan fingerprint density at radius 1 is 1.00 bits per heavy atom. The summed E-state index contributed by atoms with van der Waals surface area (Å²) < 4.78 is 11.3. The Bertz CT molecular complexity index is 688. The fourth-order valence-corrected chi connectivity index (χ4v) is 2.56. The zero-order chi connectivity index (χ0) is 18.1. The standard InChI is InChI=1S/C19H20INO4/c1-2-24-18(22)17(12-14-8-10-16(20)11-9-14)21-19(23)25-13-15-6-4-3-5-7-15/h3-11,17H,2,12-13H2,1H3,(H,21,23)/t17-/m0/s1. The maximum atomic E-state index is 12.1. The molecule has 132 valence electrons. The van der Waals surface area contributed by atoms with Gasteiger partial charge in [-0.2, -0.15) is 0 Å². The van der Waals surface area contributed by atoms with Crippen molar-refractivity contribution >= 4 is 34.7 Å². The van der Waals surface area contributed by atoms with Crippen molar-refractivity contribution in [3.8, 4) is 0 Å². The number of carbonyl (C=O) groups excluding carboxylic acids is 2. The van der Waals surface area contributed by atoms with Gasteiger partial charge in [0.2, 0.25) is 0 Å². The molecule has 0 spiro atoms. The van der Waals surface area contributed by atoms with E-state index in [-0.39, 0.29) is 13.2 Å². The summed E-state index contributed by atoms with van der Waals surface area (Å²) in [5.41, 5.74) is 1.81. The molecule has 25 heavy (non-hydrogen) atoms. The van der Waals surface area contributed by atoms with E-state index in [0.29, 0.717) is 6.42 Å². The van der Waals surface area contributed by atoms with E-state index in [9.17, 15) is 9.59 Å². The first-order valence-electron chi connectivity index (χ1n) is 7.96. The molecule has 2 aromatic carbocycles. The summed E-state index contributed by atoms with van der Waals surface area (Å²) in [6.45, 7) is 2.13. The van der Waals surface area contributed by atoms with Crippen molar-refractivity contribution in [1.82, 2.24) is 5.32 Å². The molecular weight excluding hydrogens is 433 g/mol. The lowest BCUT2D eigenvalue weighted by molar-refractivity contribution is -0.145. The highest BCUT2D eigenvalue weighted by Gasteiger charge is 2.23. The molecule has 0 bridgehead atoms. The molecule has 0 aliphatic rings. The highest BCUT2D eigenvalue weighted by Crippen LogP contribution is 2.10. The van der Waals surface area contributed by atoms with E-state index in [0.717, 1.165) is 14.7 Å². The molecule has 1 N–H and O–H groups in total. The van der Waals surface area contributed by atoms with Crippen LogP contribution in [0.3, 0.4) is 0 Å². The third-order valence-electron chi connectivity index (χ3n) is 3.43. The molecule has 6 heteroatoms. The van der Waals surface area contributed by atoms with Gasteiger partial charge >= 0.3 is 12.1 Å². The van der Waals surface area contributed by atoms with Gasteiger partial charge in [-0.25, -0.2) is 9.59 Å². The van der Waals surface area contributed by atoms with Crippen LogP contribution in [0.15, 0.2) is 54.6 Å². The number of benzene rings is 2. The van der Waals surface area contributed by atoms with Crippen LogP contribution in [-0.2, 0) is 27.3 Å². The molecule has 1 atom stereocenters. The summed E-state index contributed by atoms with van der Waals surface area (Å²) in [6.07, 6.45) is -0.302. The van der Waals surface area contributed by atoms with Crippen LogP contribution in [0.2, 0.25) is 0 Å². The van der Waals surface area contributed by atoms with Gasteiger partial charge in [-0.15, -0.1) is 0 Å². The average Bonchev–Trinajstić information content (AvgIpc) is 2.62. The topological polar surface area (TPSA) is 64.6 Å².